The Morgan fingerprint density at radius 2 is 1.87 bits per heavy atom. The fraction of sp³-hybridized carbons (Fsp3) is 0.222. The fourth-order valence-corrected chi connectivity index (χ4v) is 2.85. The number of para-hydroxylation sites is 3. The summed E-state index contributed by atoms with van der Waals surface area (Å²) in [5.41, 5.74) is 1.82. The van der Waals surface area contributed by atoms with E-state index >= 15 is 0 Å². The molecule has 0 radical (unpaired) electrons. The van der Waals surface area contributed by atoms with Crippen molar-refractivity contribution in [2.75, 3.05) is 17.3 Å². The molecule has 5 nitrogen and oxygen atoms in total. The molecule has 5 heteroatoms. The van der Waals surface area contributed by atoms with Crippen LogP contribution in [0.3, 0.4) is 0 Å². The molecule has 0 aromatic heterocycles. The molecule has 1 aliphatic rings. The van der Waals surface area contributed by atoms with Crippen LogP contribution in [-0.2, 0) is 4.79 Å². The lowest BCUT2D eigenvalue weighted by molar-refractivity contribution is -0.116. The summed E-state index contributed by atoms with van der Waals surface area (Å²) >= 11 is 0. The minimum Gasteiger partial charge on any atom is -0.496 e. The summed E-state index contributed by atoms with van der Waals surface area (Å²) in [6, 6.07) is 14.2. The van der Waals surface area contributed by atoms with Gasteiger partial charge in [-0.05, 0) is 31.2 Å². The summed E-state index contributed by atoms with van der Waals surface area (Å²) in [4.78, 5) is 26.8. The quantitative estimate of drug-likeness (QED) is 0.927. The van der Waals surface area contributed by atoms with Gasteiger partial charge in [0, 0.05) is 12.5 Å². The molecule has 0 saturated heterocycles. The number of carbonyl (C=O) groups excluding carboxylic acids is 2. The molecular formula is C18H18N2O3. The zero-order valence-electron chi connectivity index (χ0n) is 13.1. The Morgan fingerprint density at radius 3 is 2.65 bits per heavy atom. The van der Waals surface area contributed by atoms with Crippen LogP contribution in [0.25, 0.3) is 0 Å². The van der Waals surface area contributed by atoms with Crippen LogP contribution in [0.5, 0.6) is 5.75 Å². The lowest BCUT2D eigenvalue weighted by Crippen LogP contribution is -2.39. The topological polar surface area (TPSA) is 58.6 Å². The van der Waals surface area contributed by atoms with Crippen LogP contribution in [0.1, 0.15) is 23.7 Å². The van der Waals surface area contributed by atoms with E-state index in [1.807, 2.05) is 31.2 Å². The van der Waals surface area contributed by atoms with Crippen LogP contribution in [-0.4, -0.2) is 25.0 Å². The van der Waals surface area contributed by atoms with Gasteiger partial charge in [-0.1, -0.05) is 24.3 Å². The summed E-state index contributed by atoms with van der Waals surface area (Å²) in [5.74, 6) is 0.241. The standard InChI is InChI=1S/C18H18N2O3/c1-12-11-17(21)19-14-8-4-5-9-15(14)20(12)18(22)13-7-3-6-10-16(13)23-2/h3-10,12H,11H2,1-2H3,(H,19,21). The van der Waals surface area contributed by atoms with Gasteiger partial charge >= 0.3 is 0 Å². The number of benzene rings is 2. The number of anilines is 2. The van der Waals surface area contributed by atoms with E-state index in [1.54, 1.807) is 29.2 Å². The second-order valence-electron chi connectivity index (χ2n) is 5.49. The summed E-state index contributed by atoms with van der Waals surface area (Å²) < 4.78 is 5.30. The van der Waals surface area contributed by atoms with Gasteiger partial charge in [0.2, 0.25) is 5.91 Å². The van der Waals surface area contributed by atoms with Crippen LogP contribution in [0.4, 0.5) is 11.4 Å². The van der Waals surface area contributed by atoms with Crippen LogP contribution < -0.4 is 15.0 Å². The number of nitrogens with one attached hydrogen (secondary N) is 1. The van der Waals surface area contributed by atoms with E-state index in [2.05, 4.69) is 5.32 Å². The van der Waals surface area contributed by atoms with Crippen molar-refractivity contribution in [3.8, 4) is 5.75 Å². The van der Waals surface area contributed by atoms with Crippen molar-refractivity contribution in [1.29, 1.82) is 0 Å². The molecule has 2 amide bonds. The third kappa shape index (κ3) is 2.77. The van der Waals surface area contributed by atoms with Gasteiger partial charge in [0.25, 0.3) is 5.91 Å². The Balaban J connectivity index is 2.10. The van der Waals surface area contributed by atoms with Crippen LogP contribution >= 0.6 is 0 Å². The normalized spacial score (nSPS) is 17.0. The molecule has 118 valence electrons. The summed E-state index contributed by atoms with van der Waals surface area (Å²) in [5, 5.41) is 2.85. The van der Waals surface area contributed by atoms with Crippen molar-refractivity contribution in [2.24, 2.45) is 0 Å². The zero-order valence-corrected chi connectivity index (χ0v) is 13.1. The highest BCUT2D eigenvalue weighted by Crippen LogP contribution is 2.33. The molecule has 1 unspecified atom stereocenters. The first kappa shape index (κ1) is 15.1. The maximum atomic E-state index is 13.1. The predicted molar refractivity (Wildman–Crippen MR) is 89.0 cm³/mol. The summed E-state index contributed by atoms with van der Waals surface area (Å²) in [6.07, 6.45) is 0.246. The van der Waals surface area contributed by atoms with E-state index in [-0.39, 0.29) is 24.3 Å². The van der Waals surface area contributed by atoms with Crippen molar-refractivity contribution in [3.05, 3.63) is 54.1 Å². The smallest absolute Gasteiger partial charge is 0.262 e. The van der Waals surface area contributed by atoms with Crippen LogP contribution in [0, 0.1) is 0 Å². The van der Waals surface area contributed by atoms with Crippen molar-refractivity contribution in [3.63, 3.8) is 0 Å². The lowest BCUT2D eigenvalue weighted by atomic mass is 10.1. The van der Waals surface area contributed by atoms with E-state index in [4.69, 9.17) is 4.74 Å². The second-order valence-corrected chi connectivity index (χ2v) is 5.49. The average Bonchev–Trinajstić information content (AvgIpc) is 2.68. The number of methoxy groups -OCH3 is 1. The molecule has 3 rings (SSSR count). The lowest BCUT2D eigenvalue weighted by Gasteiger charge is -2.28. The number of amides is 2. The fourth-order valence-electron chi connectivity index (χ4n) is 2.85. The maximum absolute atomic E-state index is 13.1. The highest BCUT2D eigenvalue weighted by molar-refractivity contribution is 6.12. The molecule has 1 heterocycles. The molecule has 0 saturated carbocycles. The molecule has 0 aliphatic carbocycles. The van der Waals surface area contributed by atoms with Crippen molar-refractivity contribution in [1.82, 2.24) is 0 Å². The van der Waals surface area contributed by atoms with Crippen LogP contribution in [0.15, 0.2) is 48.5 Å². The number of fused-ring (bicyclic) bond motifs is 1. The molecule has 2 aromatic carbocycles. The summed E-state index contributed by atoms with van der Waals surface area (Å²) in [7, 11) is 1.54. The van der Waals surface area contributed by atoms with Gasteiger partial charge in [0.15, 0.2) is 0 Å². The molecule has 1 N–H and O–H groups in total. The SMILES string of the molecule is COc1ccccc1C(=O)N1c2ccccc2NC(=O)CC1C. The zero-order chi connectivity index (χ0) is 16.4. The Kier molecular flexibility index (Phi) is 4.02. The predicted octanol–water partition coefficient (Wildman–Crippen LogP) is 3.07. The van der Waals surface area contributed by atoms with Gasteiger partial charge in [0.1, 0.15) is 5.75 Å². The van der Waals surface area contributed by atoms with Crippen molar-refractivity contribution < 1.29 is 14.3 Å². The first-order chi connectivity index (χ1) is 11.1. The second kappa shape index (κ2) is 6.12. The van der Waals surface area contributed by atoms with E-state index in [9.17, 15) is 9.59 Å². The number of carbonyl (C=O) groups is 2. The number of hydrogen-bond acceptors (Lipinski definition) is 3. The highest BCUT2D eigenvalue weighted by Gasteiger charge is 2.31. The first-order valence-corrected chi connectivity index (χ1v) is 7.47. The number of hydrogen-bond donors (Lipinski definition) is 1. The molecule has 0 spiro atoms. The molecule has 2 aromatic rings. The van der Waals surface area contributed by atoms with Crippen LogP contribution in [0.2, 0.25) is 0 Å². The van der Waals surface area contributed by atoms with Gasteiger partial charge < -0.3 is 15.0 Å². The number of ether oxygens (including phenoxy) is 1. The minimum atomic E-state index is -0.254. The van der Waals surface area contributed by atoms with E-state index in [1.165, 1.54) is 7.11 Å². The van der Waals surface area contributed by atoms with Gasteiger partial charge in [-0.15, -0.1) is 0 Å². The average molecular weight is 310 g/mol. The monoisotopic (exact) mass is 310 g/mol. The third-order valence-electron chi connectivity index (χ3n) is 3.92. The van der Waals surface area contributed by atoms with Gasteiger partial charge in [-0.2, -0.15) is 0 Å². The van der Waals surface area contributed by atoms with Crippen molar-refractivity contribution >= 4 is 23.2 Å². The Labute approximate surface area is 134 Å². The number of rotatable bonds is 2. The maximum Gasteiger partial charge on any atom is 0.262 e. The Hall–Kier alpha value is -2.82. The third-order valence-corrected chi connectivity index (χ3v) is 3.92. The Bertz CT molecular complexity index is 757. The molecule has 1 atom stereocenters. The van der Waals surface area contributed by atoms with Gasteiger partial charge in [-0.25, -0.2) is 0 Å². The highest BCUT2D eigenvalue weighted by atomic mass is 16.5. The van der Waals surface area contributed by atoms with Gasteiger partial charge in [0.05, 0.1) is 24.0 Å². The largest absolute Gasteiger partial charge is 0.496 e. The summed E-state index contributed by atoms with van der Waals surface area (Å²) in [6.45, 7) is 1.87. The Morgan fingerprint density at radius 1 is 1.17 bits per heavy atom. The van der Waals surface area contributed by atoms with E-state index in [0.29, 0.717) is 22.7 Å². The van der Waals surface area contributed by atoms with E-state index < -0.39 is 0 Å². The molecule has 0 bridgehead atoms. The molecule has 1 aliphatic heterocycles. The molecule has 23 heavy (non-hydrogen) atoms. The number of nitrogens with zero attached hydrogens (tertiary/aromatic N) is 1. The molecule has 0 fully saturated rings. The molecular weight excluding hydrogens is 292 g/mol. The van der Waals surface area contributed by atoms with Gasteiger partial charge in [-0.3, -0.25) is 9.59 Å². The first-order valence-electron chi connectivity index (χ1n) is 7.47. The van der Waals surface area contributed by atoms with E-state index in [0.717, 1.165) is 0 Å². The van der Waals surface area contributed by atoms with Crippen molar-refractivity contribution in [2.45, 2.75) is 19.4 Å². The minimum absolute atomic E-state index is 0.0970.